The lowest BCUT2D eigenvalue weighted by molar-refractivity contribution is 0.0723. The number of hydrogen-bond donors (Lipinski definition) is 0. The summed E-state index contributed by atoms with van der Waals surface area (Å²) in [6.07, 6.45) is 0. The summed E-state index contributed by atoms with van der Waals surface area (Å²) in [5.41, 5.74) is -0.110. The van der Waals surface area contributed by atoms with Crippen LogP contribution in [-0.4, -0.2) is 20.1 Å². The number of alkyl halides is 2. The average Bonchev–Trinajstić information content (AvgIpc) is 2.18. The summed E-state index contributed by atoms with van der Waals surface area (Å²) in [5.74, 6) is -5.05. The first-order valence-electron chi connectivity index (χ1n) is 3.74. The molecule has 1 aromatic rings. The van der Waals surface area contributed by atoms with Crippen molar-refractivity contribution < 1.29 is 26.2 Å². The molecule has 0 spiro atoms. The largest absolute Gasteiger partial charge is 0.375 e. The fourth-order valence-electron chi connectivity index (χ4n) is 0.764. The highest BCUT2D eigenvalue weighted by Gasteiger charge is 2.29. The molecule has 0 aliphatic rings. The number of halogens is 2. The highest BCUT2D eigenvalue weighted by Crippen LogP contribution is 2.10. The van der Waals surface area contributed by atoms with Crippen LogP contribution in [0.15, 0.2) is 30.3 Å². The van der Waals surface area contributed by atoms with Crippen LogP contribution < -0.4 is 0 Å². The summed E-state index contributed by atoms with van der Waals surface area (Å²) in [5, 5.41) is 0. The minimum atomic E-state index is -5.13. The van der Waals surface area contributed by atoms with E-state index in [-0.39, 0.29) is 5.56 Å². The fraction of sp³-hybridized carbons (Fsp3) is 0.125. The Morgan fingerprint density at radius 1 is 1.20 bits per heavy atom. The maximum atomic E-state index is 11.8. The molecule has 0 aliphatic heterocycles. The van der Waals surface area contributed by atoms with Crippen molar-refractivity contribution >= 4 is 16.1 Å². The molecule has 0 heterocycles. The summed E-state index contributed by atoms with van der Waals surface area (Å²) in [6.45, 7) is 0. The summed E-state index contributed by atoms with van der Waals surface area (Å²) < 4.78 is 48.4. The van der Waals surface area contributed by atoms with Crippen molar-refractivity contribution in [3.63, 3.8) is 0 Å². The SMILES string of the molecule is O=C(OS(=O)(=O)C(F)F)c1ccccc1. The molecule has 0 saturated carbocycles. The standard InChI is InChI=1S/C8H6F2O4S/c9-8(10)15(12,13)14-7(11)6-4-2-1-3-5-6/h1-5,8H. The number of hydrogen-bond acceptors (Lipinski definition) is 4. The predicted molar refractivity (Wildman–Crippen MR) is 46.8 cm³/mol. The van der Waals surface area contributed by atoms with E-state index in [1.807, 2.05) is 0 Å². The van der Waals surface area contributed by atoms with Crippen LogP contribution in [-0.2, 0) is 14.3 Å². The Bertz CT molecular complexity index is 441. The third kappa shape index (κ3) is 2.98. The van der Waals surface area contributed by atoms with E-state index in [4.69, 9.17) is 0 Å². The van der Waals surface area contributed by atoms with Crippen LogP contribution in [0.1, 0.15) is 10.4 Å². The smallest absolute Gasteiger partial charge is 0.337 e. The van der Waals surface area contributed by atoms with Gasteiger partial charge in [-0.15, -0.1) is 0 Å². The Labute approximate surface area is 84.6 Å². The van der Waals surface area contributed by atoms with E-state index in [2.05, 4.69) is 4.18 Å². The average molecular weight is 236 g/mol. The number of rotatable bonds is 3. The first-order valence-corrected chi connectivity index (χ1v) is 5.21. The molecule has 1 aromatic carbocycles. The molecule has 0 bridgehead atoms. The van der Waals surface area contributed by atoms with Gasteiger partial charge < -0.3 is 4.18 Å². The van der Waals surface area contributed by atoms with Crippen molar-refractivity contribution in [2.75, 3.05) is 0 Å². The lowest BCUT2D eigenvalue weighted by Crippen LogP contribution is -2.19. The van der Waals surface area contributed by atoms with Gasteiger partial charge in [-0.05, 0) is 12.1 Å². The van der Waals surface area contributed by atoms with Gasteiger partial charge in [-0.1, -0.05) is 18.2 Å². The van der Waals surface area contributed by atoms with Crippen LogP contribution in [0.2, 0.25) is 0 Å². The van der Waals surface area contributed by atoms with Gasteiger partial charge in [0.15, 0.2) is 0 Å². The lowest BCUT2D eigenvalue weighted by Gasteiger charge is -2.03. The monoisotopic (exact) mass is 236 g/mol. The molecule has 0 N–H and O–H groups in total. The fourth-order valence-corrected chi connectivity index (χ4v) is 1.14. The van der Waals surface area contributed by atoms with Gasteiger partial charge >= 0.3 is 21.8 Å². The van der Waals surface area contributed by atoms with Crippen molar-refractivity contribution in [1.29, 1.82) is 0 Å². The van der Waals surface area contributed by atoms with E-state index in [1.165, 1.54) is 24.3 Å². The van der Waals surface area contributed by atoms with Crippen LogP contribution in [0, 0.1) is 0 Å². The van der Waals surface area contributed by atoms with Crippen LogP contribution in [0.3, 0.4) is 0 Å². The molecule has 0 radical (unpaired) electrons. The Morgan fingerprint density at radius 2 is 1.73 bits per heavy atom. The summed E-state index contributed by atoms with van der Waals surface area (Å²) in [6, 6.07) is 6.99. The number of carbonyl (C=O) groups excluding carboxylic acids is 1. The number of carbonyl (C=O) groups is 1. The van der Waals surface area contributed by atoms with E-state index in [0.717, 1.165) is 0 Å². The van der Waals surface area contributed by atoms with E-state index in [0.29, 0.717) is 0 Å². The summed E-state index contributed by atoms with van der Waals surface area (Å²) in [7, 11) is -5.13. The third-order valence-electron chi connectivity index (χ3n) is 1.42. The highest BCUT2D eigenvalue weighted by molar-refractivity contribution is 7.87. The molecule has 15 heavy (non-hydrogen) atoms. The molecule has 0 fully saturated rings. The first kappa shape index (κ1) is 11.6. The summed E-state index contributed by atoms with van der Waals surface area (Å²) >= 11 is 0. The van der Waals surface area contributed by atoms with Gasteiger partial charge in [-0.25, -0.2) is 4.79 Å². The van der Waals surface area contributed by atoms with Gasteiger partial charge in [-0.2, -0.15) is 17.2 Å². The molecule has 82 valence electrons. The predicted octanol–water partition coefficient (Wildman–Crippen LogP) is 1.40. The topological polar surface area (TPSA) is 60.4 Å². The molecule has 0 atom stereocenters. The van der Waals surface area contributed by atoms with Crippen molar-refractivity contribution in [2.45, 2.75) is 5.76 Å². The highest BCUT2D eigenvalue weighted by atomic mass is 32.2. The molecule has 0 aliphatic carbocycles. The van der Waals surface area contributed by atoms with Gasteiger partial charge in [0.2, 0.25) is 0 Å². The Kier molecular flexibility index (Phi) is 3.35. The Balaban J connectivity index is 2.82. The zero-order valence-electron chi connectivity index (χ0n) is 7.26. The third-order valence-corrected chi connectivity index (χ3v) is 2.24. The second-order valence-electron chi connectivity index (χ2n) is 2.49. The van der Waals surface area contributed by atoms with E-state index in [1.54, 1.807) is 6.07 Å². The van der Waals surface area contributed by atoms with Crippen LogP contribution in [0.4, 0.5) is 8.78 Å². The van der Waals surface area contributed by atoms with Crippen molar-refractivity contribution in [1.82, 2.24) is 0 Å². The second-order valence-corrected chi connectivity index (χ2v) is 4.00. The molecule has 0 unspecified atom stereocenters. The van der Waals surface area contributed by atoms with Gasteiger partial charge in [0.25, 0.3) is 0 Å². The van der Waals surface area contributed by atoms with Crippen molar-refractivity contribution in [3.8, 4) is 0 Å². The van der Waals surface area contributed by atoms with E-state index < -0.39 is 21.8 Å². The van der Waals surface area contributed by atoms with Gasteiger partial charge in [-0.3, -0.25) is 0 Å². The Hall–Kier alpha value is -1.50. The molecule has 0 saturated heterocycles. The first-order chi connectivity index (χ1) is 6.93. The molecule has 0 aromatic heterocycles. The zero-order valence-corrected chi connectivity index (χ0v) is 8.08. The molecule has 1 rings (SSSR count). The Morgan fingerprint density at radius 3 is 2.20 bits per heavy atom. The maximum Gasteiger partial charge on any atom is 0.375 e. The minimum absolute atomic E-state index is 0.110. The zero-order chi connectivity index (χ0) is 11.5. The van der Waals surface area contributed by atoms with Crippen LogP contribution in [0.5, 0.6) is 0 Å². The van der Waals surface area contributed by atoms with Gasteiger partial charge in [0.05, 0.1) is 5.56 Å². The molecule has 7 heteroatoms. The molecule has 0 amide bonds. The summed E-state index contributed by atoms with van der Waals surface area (Å²) in [4.78, 5) is 11.0. The van der Waals surface area contributed by atoms with Crippen molar-refractivity contribution in [3.05, 3.63) is 35.9 Å². The minimum Gasteiger partial charge on any atom is -0.337 e. The molecular formula is C8H6F2O4S. The second kappa shape index (κ2) is 4.35. The van der Waals surface area contributed by atoms with E-state index in [9.17, 15) is 22.0 Å². The van der Waals surface area contributed by atoms with Gasteiger partial charge in [0, 0.05) is 0 Å². The normalized spacial score (nSPS) is 11.4. The van der Waals surface area contributed by atoms with Crippen LogP contribution >= 0.6 is 0 Å². The van der Waals surface area contributed by atoms with E-state index >= 15 is 0 Å². The lowest BCUT2D eigenvalue weighted by atomic mass is 10.2. The van der Waals surface area contributed by atoms with Crippen molar-refractivity contribution in [2.24, 2.45) is 0 Å². The maximum absolute atomic E-state index is 11.8. The van der Waals surface area contributed by atoms with Crippen LogP contribution in [0.25, 0.3) is 0 Å². The molecule has 4 nitrogen and oxygen atoms in total. The quantitative estimate of drug-likeness (QED) is 0.744. The van der Waals surface area contributed by atoms with Gasteiger partial charge in [0.1, 0.15) is 0 Å². The molecular weight excluding hydrogens is 230 g/mol. The number of benzene rings is 1.